The van der Waals surface area contributed by atoms with Gasteiger partial charge in [-0.3, -0.25) is 4.79 Å². The molecule has 0 radical (unpaired) electrons. The van der Waals surface area contributed by atoms with Crippen molar-refractivity contribution in [2.75, 3.05) is 26.3 Å². The highest BCUT2D eigenvalue weighted by Crippen LogP contribution is 2.32. The lowest BCUT2D eigenvalue weighted by atomic mass is 9.81. The first kappa shape index (κ1) is 20.6. The highest BCUT2D eigenvalue weighted by Gasteiger charge is 2.40. The number of alkyl halides is 3. The highest BCUT2D eigenvalue weighted by atomic mass is 19.4. The van der Waals surface area contributed by atoms with Gasteiger partial charge in [0.25, 0.3) is 5.56 Å². The van der Waals surface area contributed by atoms with Crippen molar-refractivity contribution in [3.8, 4) is 16.9 Å². The second-order valence-corrected chi connectivity index (χ2v) is 8.91. The minimum atomic E-state index is -4.73. The van der Waals surface area contributed by atoms with E-state index < -0.39 is 6.36 Å². The van der Waals surface area contributed by atoms with Gasteiger partial charge in [-0.15, -0.1) is 13.2 Å². The van der Waals surface area contributed by atoms with Gasteiger partial charge in [0.05, 0.1) is 32.3 Å². The minimum Gasteiger partial charge on any atom is -0.406 e. The molecule has 2 aromatic rings. The molecule has 2 bridgehead atoms. The molecule has 5 rings (SSSR count). The summed E-state index contributed by atoms with van der Waals surface area (Å²) >= 11 is 0. The molecular weight excluding hydrogens is 409 g/mol. The summed E-state index contributed by atoms with van der Waals surface area (Å²) in [5.41, 5.74) is 2.13. The van der Waals surface area contributed by atoms with Crippen LogP contribution in [0, 0.1) is 5.92 Å². The first-order valence-corrected chi connectivity index (χ1v) is 10.9. The number of nitrogens with zero attached hydrogens (tertiary/aromatic N) is 1. The molecule has 2 fully saturated rings. The van der Waals surface area contributed by atoms with E-state index in [1.54, 1.807) is 4.90 Å². The van der Waals surface area contributed by atoms with E-state index >= 15 is 0 Å². The highest BCUT2D eigenvalue weighted by molar-refractivity contribution is 5.63. The van der Waals surface area contributed by atoms with Gasteiger partial charge in [0.1, 0.15) is 5.75 Å². The molecule has 0 aliphatic carbocycles. The quantitative estimate of drug-likeness (QED) is 0.806. The second kappa shape index (κ2) is 7.98. The number of halogens is 3. The summed E-state index contributed by atoms with van der Waals surface area (Å²) in [4.78, 5) is 14.9. The predicted molar refractivity (Wildman–Crippen MR) is 108 cm³/mol. The van der Waals surface area contributed by atoms with Crippen LogP contribution in [0.2, 0.25) is 0 Å². The fourth-order valence-electron chi connectivity index (χ4n) is 5.59. The molecule has 3 aliphatic rings. The van der Waals surface area contributed by atoms with Crippen molar-refractivity contribution in [3.05, 3.63) is 52.4 Å². The topological polar surface area (TPSA) is 44.9 Å². The van der Waals surface area contributed by atoms with Crippen LogP contribution in [-0.2, 0) is 11.3 Å². The van der Waals surface area contributed by atoms with Gasteiger partial charge in [0.2, 0.25) is 0 Å². The molecule has 0 spiro atoms. The summed E-state index contributed by atoms with van der Waals surface area (Å²) in [5.74, 6) is 0.550. The molecule has 1 aromatic heterocycles. The third kappa shape index (κ3) is 4.23. The number of rotatable bonds is 3. The first-order valence-electron chi connectivity index (χ1n) is 10.9. The van der Waals surface area contributed by atoms with Crippen LogP contribution in [0.25, 0.3) is 11.1 Å². The third-order valence-electron chi connectivity index (χ3n) is 6.94. The van der Waals surface area contributed by atoms with Gasteiger partial charge in [-0.05, 0) is 36.2 Å². The standard InChI is InChI=1S/C23H25F3N2O3/c24-23(25,26)31-19-3-1-16(2-4-19)20-5-6-21-17-11-15(13-28(21)22(20)29)12-27(14-17)18-7-9-30-10-8-18/h1-6,15,17-18H,7-14H2/p+1/t15-,17+/m0/s1. The van der Waals surface area contributed by atoms with Crippen molar-refractivity contribution in [2.24, 2.45) is 5.92 Å². The number of piperidine rings is 1. The Balaban J connectivity index is 1.39. The van der Waals surface area contributed by atoms with E-state index in [0.717, 1.165) is 51.3 Å². The largest absolute Gasteiger partial charge is 0.573 e. The summed E-state index contributed by atoms with van der Waals surface area (Å²) in [6.45, 7) is 4.52. The zero-order chi connectivity index (χ0) is 21.6. The molecule has 3 atom stereocenters. The normalized spacial score (nSPS) is 26.4. The van der Waals surface area contributed by atoms with E-state index in [4.69, 9.17) is 4.74 Å². The van der Waals surface area contributed by atoms with Crippen LogP contribution >= 0.6 is 0 Å². The molecule has 1 N–H and O–H groups in total. The van der Waals surface area contributed by atoms with Crippen LogP contribution in [0.4, 0.5) is 13.2 Å². The molecule has 5 nitrogen and oxygen atoms in total. The Labute approximate surface area is 178 Å². The number of aromatic nitrogens is 1. The third-order valence-corrected chi connectivity index (χ3v) is 6.94. The van der Waals surface area contributed by atoms with Crippen molar-refractivity contribution in [1.29, 1.82) is 0 Å². The number of pyridine rings is 1. The van der Waals surface area contributed by atoms with Gasteiger partial charge in [0, 0.05) is 42.5 Å². The average Bonchev–Trinajstić information content (AvgIpc) is 2.75. The minimum absolute atomic E-state index is 0.0637. The molecule has 2 saturated heterocycles. The Morgan fingerprint density at radius 2 is 1.77 bits per heavy atom. The number of fused-ring (bicyclic) bond motifs is 4. The summed E-state index contributed by atoms with van der Waals surface area (Å²) in [6.07, 6.45) is -1.40. The Morgan fingerprint density at radius 1 is 1.03 bits per heavy atom. The molecule has 31 heavy (non-hydrogen) atoms. The monoisotopic (exact) mass is 435 g/mol. The first-order chi connectivity index (χ1) is 14.9. The summed E-state index contributed by atoms with van der Waals surface area (Å²) in [7, 11) is 0. The SMILES string of the molecule is O=c1c(-c2ccc(OC(F)(F)F)cc2)ccc2n1C[C@H]1C[C@@H]2C[NH+](C2CCOCC2)C1. The molecule has 1 unspecified atom stereocenters. The van der Waals surface area contributed by atoms with Crippen molar-refractivity contribution >= 4 is 0 Å². The lowest BCUT2D eigenvalue weighted by molar-refractivity contribution is -0.937. The molecule has 166 valence electrons. The number of hydrogen-bond donors (Lipinski definition) is 1. The van der Waals surface area contributed by atoms with Gasteiger partial charge in [-0.25, -0.2) is 0 Å². The number of nitrogens with one attached hydrogen (secondary N) is 1. The smallest absolute Gasteiger partial charge is 0.406 e. The molecular formula is C23H26F3N2O3+. The number of likely N-dealkylation sites (tertiary alicyclic amines) is 1. The molecule has 3 aliphatic heterocycles. The van der Waals surface area contributed by atoms with Crippen LogP contribution in [-0.4, -0.2) is 43.3 Å². The second-order valence-electron chi connectivity index (χ2n) is 8.91. The number of benzene rings is 1. The summed E-state index contributed by atoms with van der Waals surface area (Å²) in [5, 5.41) is 0. The van der Waals surface area contributed by atoms with E-state index in [2.05, 4.69) is 4.74 Å². The van der Waals surface area contributed by atoms with Gasteiger partial charge in [-0.1, -0.05) is 12.1 Å². The van der Waals surface area contributed by atoms with Gasteiger partial charge >= 0.3 is 6.36 Å². The fraction of sp³-hybridized carbons (Fsp3) is 0.522. The van der Waals surface area contributed by atoms with E-state index in [1.165, 1.54) is 24.3 Å². The molecule has 0 amide bonds. The molecule has 8 heteroatoms. The average molecular weight is 435 g/mol. The van der Waals surface area contributed by atoms with Crippen molar-refractivity contribution in [3.63, 3.8) is 0 Å². The Kier molecular flexibility index (Phi) is 5.30. The number of quaternary nitrogens is 1. The lowest BCUT2D eigenvalue weighted by Crippen LogP contribution is -3.18. The zero-order valence-electron chi connectivity index (χ0n) is 17.2. The summed E-state index contributed by atoms with van der Waals surface area (Å²) in [6, 6.07) is 10.00. The molecule has 0 saturated carbocycles. The Bertz CT molecular complexity index is 997. The Hall–Kier alpha value is -2.32. The van der Waals surface area contributed by atoms with Gasteiger partial charge < -0.3 is 18.9 Å². The Morgan fingerprint density at radius 3 is 2.48 bits per heavy atom. The number of hydrogen-bond acceptors (Lipinski definition) is 3. The maximum Gasteiger partial charge on any atom is 0.573 e. The van der Waals surface area contributed by atoms with Gasteiger partial charge in [0.15, 0.2) is 0 Å². The summed E-state index contributed by atoms with van der Waals surface area (Å²) < 4.78 is 48.5. The zero-order valence-corrected chi connectivity index (χ0v) is 17.2. The van der Waals surface area contributed by atoms with E-state index in [1.807, 2.05) is 16.7 Å². The maximum absolute atomic E-state index is 13.3. The van der Waals surface area contributed by atoms with Gasteiger partial charge in [-0.2, -0.15) is 0 Å². The van der Waals surface area contributed by atoms with Crippen molar-refractivity contribution < 1.29 is 27.5 Å². The lowest BCUT2D eigenvalue weighted by Gasteiger charge is -2.44. The fourth-order valence-corrected chi connectivity index (χ4v) is 5.59. The van der Waals surface area contributed by atoms with Crippen LogP contribution in [0.15, 0.2) is 41.2 Å². The number of ether oxygens (including phenoxy) is 2. The van der Waals surface area contributed by atoms with Crippen LogP contribution < -0.4 is 15.2 Å². The van der Waals surface area contributed by atoms with Crippen LogP contribution in [0.3, 0.4) is 0 Å². The predicted octanol–water partition coefficient (Wildman–Crippen LogP) is 2.59. The van der Waals surface area contributed by atoms with Crippen LogP contribution in [0.5, 0.6) is 5.75 Å². The molecule has 1 aromatic carbocycles. The maximum atomic E-state index is 13.3. The molecule has 4 heterocycles. The van der Waals surface area contributed by atoms with Crippen molar-refractivity contribution in [1.82, 2.24) is 4.57 Å². The van der Waals surface area contributed by atoms with Crippen LogP contribution in [0.1, 0.15) is 30.9 Å². The van der Waals surface area contributed by atoms with E-state index in [-0.39, 0.29) is 11.3 Å². The van der Waals surface area contributed by atoms with E-state index in [9.17, 15) is 18.0 Å². The van der Waals surface area contributed by atoms with Crippen molar-refractivity contribution in [2.45, 2.75) is 44.1 Å². The van der Waals surface area contributed by atoms with E-state index in [0.29, 0.717) is 35.5 Å².